The van der Waals surface area contributed by atoms with Crippen LogP contribution in [0.4, 0.5) is 5.95 Å². The van der Waals surface area contributed by atoms with Crippen LogP contribution in [0.25, 0.3) is 0 Å². The summed E-state index contributed by atoms with van der Waals surface area (Å²) >= 11 is 0. The van der Waals surface area contributed by atoms with Crippen molar-refractivity contribution in [3.63, 3.8) is 0 Å². The molecule has 0 bridgehead atoms. The second kappa shape index (κ2) is 6.13. The molecular weight excluding hydrogens is 198 g/mol. The van der Waals surface area contributed by atoms with Crippen LogP contribution in [-0.2, 0) is 6.54 Å². The zero-order valence-electron chi connectivity index (χ0n) is 8.50. The number of nitro groups is 1. The highest BCUT2D eigenvalue weighted by atomic mass is 16.6. The lowest BCUT2D eigenvalue weighted by Gasteiger charge is -2.01. The summed E-state index contributed by atoms with van der Waals surface area (Å²) in [7, 11) is 0. The van der Waals surface area contributed by atoms with Crippen LogP contribution in [0.1, 0.15) is 25.7 Å². The van der Waals surface area contributed by atoms with Gasteiger partial charge in [0.15, 0.2) is 0 Å². The maximum absolute atomic E-state index is 10.5. The van der Waals surface area contributed by atoms with Gasteiger partial charge >= 0.3 is 5.95 Å². The van der Waals surface area contributed by atoms with Crippen molar-refractivity contribution in [3.8, 4) is 0 Å². The Bertz CT molecular complexity index is 311. The Balaban J connectivity index is 2.31. The maximum Gasteiger partial charge on any atom is 0.434 e. The average molecular weight is 213 g/mol. The highest BCUT2D eigenvalue weighted by molar-refractivity contribution is 5.06. The first-order valence-corrected chi connectivity index (χ1v) is 5.02. The normalized spacial score (nSPS) is 10.5. The Labute approximate surface area is 87.7 Å². The SMILES string of the molecule is O=[N+]([O-])c1nccn1CCCCCCO. The Hall–Kier alpha value is -1.43. The molecule has 0 spiro atoms. The van der Waals surface area contributed by atoms with E-state index >= 15 is 0 Å². The lowest BCUT2D eigenvalue weighted by Crippen LogP contribution is -2.03. The molecule has 0 aromatic carbocycles. The zero-order chi connectivity index (χ0) is 11.1. The quantitative estimate of drug-likeness (QED) is 0.421. The molecule has 1 aromatic rings. The van der Waals surface area contributed by atoms with Crippen molar-refractivity contribution in [1.29, 1.82) is 0 Å². The molecule has 0 aliphatic rings. The van der Waals surface area contributed by atoms with Crippen LogP contribution in [0.3, 0.4) is 0 Å². The summed E-state index contributed by atoms with van der Waals surface area (Å²) < 4.78 is 1.54. The Morgan fingerprint density at radius 1 is 1.40 bits per heavy atom. The van der Waals surface area contributed by atoms with Crippen molar-refractivity contribution >= 4 is 5.95 Å². The van der Waals surface area contributed by atoms with Gasteiger partial charge in [-0.2, -0.15) is 0 Å². The molecule has 0 amide bonds. The van der Waals surface area contributed by atoms with Crippen molar-refractivity contribution in [2.45, 2.75) is 32.2 Å². The summed E-state index contributed by atoms with van der Waals surface area (Å²) in [6.45, 7) is 0.826. The van der Waals surface area contributed by atoms with Crippen LogP contribution in [0.2, 0.25) is 0 Å². The van der Waals surface area contributed by atoms with Crippen LogP contribution in [0, 0.1) is 10.1 Å². The number of aromatic nitrogens is 2. The Kier molecular flexibility index (Phi) is 4.76. The van der Waals surface area contributed by atoms with Crippen LogP contribution in [-0.4, -0.2) is 26.2 Å². The summed E-state index contributed by atoms with van der Waals surface area (Å²) in [4.78, 5) is 13.7. The molecule has 0 saturated heterocycles. The van der Waals surface area contributed by atoms with E-state index < -0.39 is 4.92 Å². The van der Waals surface area contributed by atoms with E-state index in [0.717, 1.165) is 25.7 Å². The van der Waals surface area contributed by atoms with Gasteiger partial charge in [-0.3, -0.25) is 0 Å². The molecule has 1 N–H and O–H groups in total. The molecule has 6 heteroatoms. The number of imidazole rings is 1. The van der Waals surface area contributed by atoms with E-state index in [0.29, 0.717) is 6.54 Å². The summed E-state index contributed by atoms with van der Waals surface area (Å²) in [5, 5.41) is 19.1. The van der Waals surface area contributed by atoms with E-state index in [-0.39, 0.29) is 12.6 Å². The molecule has 1 rings (SSSR count). The third kappa shape index (κ3) is 3.67. The molecule has 0 atom stereocenters. The fourth-order valence-electron chi connectivity index (χ4n) is 1.40. The van der Waals surface area contributed by atoms with E-state index in [9.17, 15) is 10.1 Å². The molecule has 0 fully saturated rings. The fourth-order valence-corrected chi connectivity index (χ4v) is 1.40. The fraction of sp³-hybridized carbons (Fsp3) is 0.667. The van der Waals surface area contributed by atoms with E-state index in [1.54, 1.807) is 10.8 Å². The number of hydrogen-bond acceptors (Lipinski definition) is 4. The van der Waals surface area contributed by atoms with Gasteiger partial charge in [-0.15, -0.1) is 0 Å². The molecule has 0 saturated carbocycles. The largest absolute Gasteiger partial charge is 0.434 e. The lowest BCUT2D eigenvalue weighted by molar-refractivity contribution is -0.396. The summed E-state index contributed by atoms with van der Waals surface area (Å²) in [5.41, 5.74) is 0. The summed E-state index contributed by atoms with van der Waals surface area (Å²) in [6.07, 6.45) is 6.65. The molecule has 0 aliphatic heterocycles. The number of nitrogens with zero attached hydrogens (tertiary/aromatic N) is 3. The van der Waals surface area contributed by atoms with Crippen molar-refractivity contribution in [2.24, 2.45) is 0 Å². The number of hydrogen-bond donors (Lipinski definition) is 1. The molecule has 0 unspecified atom stereocenters. The van der Waals surface area contributed by atoms with Gasteiger partial charge in [-0.05, 0) is 17.8 Å². The van der Waals surface area contributed by atoms with Gasteiger partial charge in [0.25, 0.3) is 0 Å². The molecule has 0 radical (unpaired) electrons. The number of aliphatic hydroxyl groups is 1. The topological polar surface area (TPSA) is 81.2 Å². The molecule has 1 heterocycles. The molecule has 6 nitrogen and oxygen atoms in total. The third-order valence-corrected chi connectivity index (χ3v) is 2.16. The minimum Gasteiger partial charge on any atom is -0.396 e. The number of aliphatic hydroxyl groups excluding tert-OH is 1. The van der Waals surface area contributed by atoms with Crippen molar-refractivity contribution in [2.75, 3.05) is 6.61 Å². The van der Waals surface area contributed by atoms with Gasteiger partial charge in [0.1, 0.15) is 12.4 Å². The minimum atomic E-state index is -0.478. The van der Waals surface area contributed by atoms with Crippen LogP contribution >= 0.6 is 0 Å². The van der Waals surface area contributed by atoms with Crippen molar-refractivity contribution in [3.05, 3.63) is 22.5 Å². The van der Waals surface area contributed by atoms with E-state index in [1.807, 2.05) is 0 Å². The van der Waals surface area contributed by atoms with Gasteiger partial charge in [0, 0.05) is 6.61 Å². The third-order valence-electron chi connectivity index (χ3n) is 2.16. The highest BCUT2D eigenvalue weighted by Gasteiger charge is 2.12. The smallest absolute Gasteiger partial charge is 0.396 e. The first-order valence-electron chi connectivity index (χ1n) is 5.02. The molecule has 84 valence electrons. The van der Waals surface area contributed by atoms with Crippen molar-refractivity contribution < 1.29 is 10.0 Å². The standard InChI is InChI=1S/C9H15N3O3/c13-8-4-2-1-3-6-11-7-5-10-9(11)12(14)15/h5,7,13H,1-4,6,8H2. The minimum absolute atomic E-state index is 0.0999. The summed E-state index contributed by atoms with van der Waals surface area (Å²) in [6, 6.07) is 0. The molecule has 15 heavy (non-hydrogen) atoms. The first-order chi connectivity index (χ1) is 7.25. The second-order valence-electron chi connectivity index (χ2n) is 3.32. The van der Waals surface area contributed by atoms with Gasteiger partial charge < -0.3 is 15.2 Å². The predicted molar refractivity (Wildman–Crippen MR) is 54.4 cm³/mol. The monoisotopic (exact) mass is 213 g/mol. The van der Waals surface area contributed by atoms with Crippen LogP contribution < -0.4 is 0 Å². The predicted octanol–water partition coefficient (Wildman–Crippen LogP) is 1.34. The van der Waals surface area contributed by atoms with Gasteiger partial charge in [0.2, 0.25) is 0 Å². The van der Waals surface area contributed by atoms with Gasteiger partial charge in [0.05, 0.1) is 6.54 Å². The number of aryl methyl sites for hydroxylation is 1. The lowest BCUT2D eigenvalue weighted by atomic mass is 10.2. The highest BCUT2D eigenvalue weighted by Crippen LogP contribution is 2.09. The second-order valence-corrected chi connectivity index (χ2v) is 3.32. The van der Waals surface area contributed by atoms with Crippen LogP contribution in [0.15, 0.2) is 12.4 Å². The number of rotatable bonds is 7. The van der Waals surface area contributed by atoms with Crippen LogP contribution in [0.5, 0.6) is 0 Å². The van der Waals surface area contributed by atoms with Gasteiger partial charge in [-0.25, -0.2) is 4.57 Å². The van der Waals surface area contributed by atoms with E-state index in [1.165, 1.54) is 6.20 Å². The Morgan fingerprint density at radius 3 is 2.80 bits per heavy atom. The summed E-state index contributed by atoms with van der Waals surface area (Å²) in [5.74, 6) is -0.0999. The van der Waals surface area contributed by atoms with E-state index in [2.05, 4.69) is 4.98 Å². The number of unbranched alkanes of at least 4 members (excludes halogenated alkanes) is 3. The first kappa shape index (κ1) is 11.6. The van der Waals surface area contributed by atoms with Crippen molar-refractivity contribution in [1.82, 2.24) is 9.55 Å². The zero-order valence-corrected chi connectivity index (χ0v) is 8.50. The average Bonchev–Trinajstić information content (AvgIpc) is 2.66. The molecule has 0 aliphatic carbocycles. The van der Waals surface area contributed by atoms with Gasteiger partial charge in [-0.1, -0.05) is 17.8 Å². The maximum atomic E-state index is 10.5. The molecule has 1 aromatic heterocycles. The Morgan fingerprint density at radius 2 is 2.13 bits per heavy atom. The molecular formula is C9H15N3O3. The van der Waals surface area contributed by atoms with E-state index in [4.69, 9.17) is 5.11 Å².